The van der Waals surface area contributed by atoms with Crippen molar-refractivity contribution in [2.24, 2.45) is 0 Å². The molecule has 0 radical (unpaired) electrons. The van der Waals surface area contributed by atoms with Gasteiger partial charge in [0, 0.05) is 28.4 Å². The summed E-state index contributed by atoms with van der Waals surface area (Å²) < 4.78 is 1.43. The van der Waals surface area contributed by atoms with E-state index in [9.17, 15) is 4.79 Å². The van der Waals surface area contributed by atoms with Crippen LogP contribution in [0.3, 0.4) is 0 Å². The van der Waals surface area contributed by atoms with Gasteiger partial charge in [-0.05, 0) is 18.2 Å². The standard InChI is InChI=1S/C14H7Cl2N5O/c15-8-1-2-13(21-7-9(5-17)19-20-21)11(3-8)10-4-14(22)18-6-12(10)16/h1-4,6-7H,(H,18,22). The second kappa shape index (κ2) is 5.64. The Kier molecular flexibility index (Phi) is 3.67. The number of aromatic amines is 1. The number of hydrogen-bond donors (Lipinski definition) is 1. The summed E-state index contributed by atoms with van der Waals surface area (Å²) in [6.07, 6.45) is 2.89. The zero-order chi connectivity index (χ0) is 15.7. The molecule has 0 fully saturated rings. The lowest BCUT2D eigenvalue weighted by Gasteiger charge is -2.11. The number of aromatic nitrogens is 4. The Labute approximate surface area is 134 Å². The minimum absolute atomic E-state index is 0.179. The molecule has 8 heteroatoms. The van der Waals surface area contributed by atoms with Crippen molar-refractivity contribution in [1.29, 1.82) is 5.26 Å². The van der Waals surface area contributed by atoms with Crippen molar-refractivity contribution in [3.63, 3.8) is 0 Å². The number of nitriles is 1. The lowest BCUT2D eigenvalue weighted by molar-refractivity contribution is 0.803. The van der Waals surface area contributed by atoms with Gasteiger partial charge in [-0.25, -0.2) is 4.68 Å². The maximum absolute atomic E-state index is 11.6. The van der Waals surface area contributed by atoms with Gasteiger partial charge in [0.2, 0.25) is 5.56 Å². The van der Waals surface area contributed by atoms with Gasteiger partial charge < -0.3 is 4.98 Å². The molecule has 22 heavy (non-hydrogen) atoms. The molecule has 3 aromatic rings. The first-order chi connectivity index (χ1) is 10.6. The molecule has 0 spiro atoms. The highest BCUT2D eigenvalue weighted by molar-refractivity contribution is 6.34. The van der Waals surface area contributed by atoms with Gasteiger partial charge in [-0.3, -0.25) is 4.79 Å². The van der Waals surface area contributed by atoms with Gasteiger partial charge in [-0.15, -0.1) is 5.10 Å². The summed E-state index contributed by atoms with van der Waals surface area (Å²) in [5.74, 6) is 0. The number of benzene rings is 1. The molecule has 0 saturated heterocycles. The molecule has 0 atom stereocenters. The predicted molar refractivity (Wildman–Crippen MR) is 82.2 cm³/mol. The van der Waals surface area contributed by atoms with E-state index in [2.05, 4.69) is 15.3 Å². The van der Waals surface area contributed by atoms with Crippen LogP contribution >= 0.6 is 23.2 Å². The third-order valence-corrected chi connectivity index (χ3v) is 3.53. The van der Waals surface area contributed by atoms with Gasteiger partial charge in [0.05, 0.1) is 16.9 Å². The first-order valence-corrected chi connectivity index (χ1v) is 6.85. The van der Waals surface area contributed by atoms with Crippen LogP contribution in [0.4, 0.5) is 0 Å². The number of H-pyrrole nitrogens is 1. The van der Waals surface area contributed by atoms with E-state index in [1.54, 1.807) is 18.2 Å². The Bertz CT molecular complexity index is 954. The highest BCUT2D eigenvalue weighted by atomic mass is 35.5. The Morgan fingerprint density at radius 3 is 2.77 bits per heavy atom. The number of halogens is 2. The van der Waals surface area contributed by atoms with E-state index in [4.69, 9.17) is 28.5 Å². The van der Waals surface area contributed by atoms with E-state index >= 15 is 0 Å². The quantitative estimate of drug-likeness (QED) is 0.782. The second-order valence-electron chi connectivity index (χ2n) is 4.38. The monoisotopic (exact) mass is 331 g/mol. The van der Waals surface area contributed by atoms with Crippen LogP contribution in [-0.2, 0) is 0 Å². The normalized spacial score (nSPS) is 10.4. The second-order valence-corrected chi connectivity index (χ2v) is 5.22. The van der Waals surface area contributed by atoms with E-state index in [1.165, 1.54) is 23.1 Å². The number of pyridine rings is 1. The summed E-state index contributed by atoms with van der Waals surface area (Å²) in [5.41, 5.74) is 1.61. The third-order valence-electron chi connectivity index (χ3n) is 2.98. The molecule has 0 amide bonds. The average Bonchev–Trinajstić information content (AvgIpc) is 2.98. The topological polar surface area (TPSA) is 87.4 Å². The molecule has 2 heterocycles. The Hall–Kier alpha value is -2.62. The molecule has 108 valence electrons. The zero-order valence-corrected chi connectivity index (χ0v) is 12.4. The number of hydrogen-bond acceptors (Lipinski definition) is 4. The van der Waals surface area contributed by atoms with Crippen LogP contribution in [0.2, 0.25) is 10.0 Å². The molecule has 3 rings (SSSR count). The summed E-state index contributed by atoms with van der Waals surface area (Å²) in [7, 11) is 0. The number of nitrogens with one attached hydrogen (secondary N) is 1. The maximum Gasteiger partial charge on any atom is 0.248 e. The smallest absolute Gasteiger partial charge is 0.248 e. The van der Waals surface area contributed by atoms with E-state index < -0.39 is 0 Å². The molecule has 0 bridgehead atoms. The third kappa shape index (κ3) is 2.60. The van der Waals surface area contributed by atoms with Crippen LogP contribution in [-0.4, -0.2) is 20.0 Å². The molecular weight excluding hydrogens is 325 g/mol. The fraction of sp³-hybridized carbons (Fsp3) is 0. The van der Waals surface area contributed by atoms with E-state index in [-0.39, 0.29) is 11.3 Å². The van der Waals surface area contributed by atoms with Crippen molar-refractivity contribution < 1.29 is 0 Å². The summed E-state index contributed by atoms with van der Waals surface area (Å²) in [5, 5.41) is 17.3. The van der Waals surface area contributed by atoms with Gasteiger partial charge in [0.15, 0.2) is 5.69 Å². The zero-order valence-electron chi connectivity index (χ0n) is 10.9. The largest absolute Gasteiger partial charge is 0.328 e. The SMILES string of the molecule is N#Cc1cn(-c2ccc(Cl)cc2-c2cc(=O)[nH]cc2Cl)nn1. The van der Waals surface area contributed by atoms with Crippen LogP contribution in [0.25, 0.3) is 16.8 Å². The average molecular weight is 332 g/mol. The molecular formula is C14H7Cl2N5O. The summed E-state index contributed by atoms with van der Waals surface area (Å²) in [6, 6.07) is 8.34. The molecule has 1 aromatic carbocycles. The van der Waals surface area contributed by atoms with Crippen molar-refractivity contribution in [3.05, 3.63) is 62.8 Å². The van der Waals surface area contributed by atoms with Gasteiger partial charge in [-0.1, -0.05) is 28.4 Å². The Balaban J connectivity index is 2.27. The van der Waals surface area contributed by atoms with Crippen LogP contribution in [0.5, 0.6) is 0 Å². The highest BCUT2D eigenvalue weighted by Crippen LogP contribution is 2.32. The molecule has 0 aliphatic carbocycles. The minimum Gasteiger partial charge on any atom is -0.328 e. The van der Waals surface area contributed by atoms with Crippen molar-refractivity contribution >= 4 is 23.2 Å². The van der Waals surface area contributed by atoms with E-state index in [0.29, 0.717) is 26.9 Å². The summed E-state index contributed by atoms with van der Waals surface area (Å²) in [6.45, 7) is 0. The first kappa shape index (κ1) is 14.3. The summed E-state index contributed by atoms with van der Waals surface area (Å²) >= 11 is 12.2. The molecule has 0 unspecified atom stereocenters. The molecule has 6 nitrogen and oxygen atoms in total. The maximum atomic E-state index is 11.6. The van der Waals surface area contributed by atoms with Crippen molar-refractivity contribution in [3.8, 4) is 22.9 Å². The molecule has 0 aliphatic rings. The molecule has 0 aliphatic heterocycles. The molecule has 1 N–H and O–H groups in total. The molecule has 0 saturated carbocycles. The van der Waals surface area contributed by atoms with Gasteiger partial charge >= 0.3 is 0 Å². The Morgan fingerprint density at radius 1 is 1.23 bits per heavy atom. The fourth-order valence-electron chi connectivity index (χ4n) is 2.02. The number of rotatable bonds is 2. The lowest BCUT2D eigenvalue weighted by atomic mass is 10.0. The van der Waals surface area contributed by atoms with Crippen molar-refractivity contribution in [2.45, 2.75) is 0 Å². The minimum atomic E-state index is -0.290. The number of nitrogens with zero attached hydrogens (tertiary/aromatic N) is 4. The van der Waals surface area contributed by atoms with Gasteiger partial charge in [0.25, 0.3) is 0 Å². The fourth-order valence-corrected chi connectivity index (χ4v) is 2.40. The van der Waals surface area contributed by atoms with Crippen LogP contribution in [0, 0.1) is 11.3 Å². The first-order valence-electron chi connectivity index (χ1n) is 6.09. The summed E-state index contributed by atoms with van der Waals surface area (Å²) in [4.78, 5) is 14.1. The highest BCUT2D eigenvalue weighted by Gasteiger charge is 2.13. The van der Waals surface area contributed by atoms with Crippen molar-refractivity contribution in [2.75, 3.05) is 0 Å². The van der Waals surface area contributed by atoms with Crippen LogP contribution in [0.1, 0.15) is 5.69 Å². The van der Waals surface area contributed by atoms with Crippen LogP contribution in [0.15, 0.2) is 41.5 Å². The van der Waals surface area contributed by atoms with Crippen LogP contribution < -0.4 is 5.56 Å². The predicted octanol–water partition coefficient (Wildman–Crippen LogP) is 2.80. The van der Waals surface area contributed by atoms with E-state index in [1.807, 2.05) is 6.07 Å². The Morgan fingerprint density at radius 2 is 2.05 bits per heavy atom. The van der Waals surface area contributed by atoms with Crippen molar-refractivity contribution in [1.82, 2.24) is 20.0 Å². The molecule has 2 aromatic heterocycles. The van der Waals surface area contributed by atoms with E-state index in [0.717, 1.165) is 0 Å². The lowest BCUT2D eigenvalue weighted by Crippen LogP contribution is -2.05. The van der Waals surface area contributed by atoms with Gasteiger partial charge in [0.1, 0.15) is 6.07 Å². The van der Waals surface area contributed by atoms with Gasteiger partial charge in [-0.2, -0.15) is 5.26 Å².